The summed E-state index contributed by atoms with van der Waals surface area (Å²) in [6, 6.07) is 10.4. The predicted molar refractivity (Wildman–Crippen MR) is 83.3 cm³/mol. The van der Waals surface area contributed by atoms with Crippen LogP contribution in [0.3, 0.4) is 0 Å². The van der Waals surface area contributed by atoms with Gasteiger partial charge in [-0.2, -0.15) is 0 Å². The van der Waals surface area contributed by atoms with Gasteiger partial charge in [-0.25, -0.2) is 4.98 Å². The molecule has 0 saturated carbocycles. The molecule has 22 heavy (non-hydrogen) atoms. The number of piperazine rings is 1. The fourth-order valence-electron chi connectivity index (χ4n) is 2.57. The van der Waals surface area contributed by atoms with Crippen molar-refractivity contribution in [2.75, 3.05) is 31.1 Å². The summed E-state index contributed by atoms with van der Waals surface area (Å²) in [6.45, 7) is 4.54. The van der Waals surface area contributed by atoms with Gasteiger partial charge in [-0.15, -0.1) is 0 Å². The highest BCUT2D eigenvalue weighted by atomic mass is 16.1. The molecule has 0 aliphatic carbocycles. The van der Waals surface area contributed by atoms with Gasteiger partial charge in [0, 0.05) is 51.2 Å². The smallest absolute Gasteiger partial charge is 0.268 e. The second-order valence-electron chi connectivity index (χ2n) is 5.29. The number of nitrogens with two attached hydrogens (primary N) is 1. The van der Waals surface area contributed by atoms with E-state index >= 15 is 0 Å². The standard InChI is InChI=1S/C16H18N5O/c17-16(22)14-4-1-5-15(19-14)21-9-7-20(8-10-21)12-13-3-2-6-18-11-13/h1-3,5-6,11H,7-10,12H2,(H2,17,22). The van der Waals surface area contributed by atoms with Gasteiger partial charge in [-0.1, -0.05) is 6.07 Å². The maximum Gasteiger partial charge on any atom is 0.268 e. The fraction of sp³-hybridized carbons (Fsp3) is 0.312. The van der Waals surface area contributed by atoms with Crippen LogP contribution in [-0.4, -0.2) is 47.0 Å². The third kappa shape index (κ3) is 3.40. The number of pyridine rings is 2. The van der Waals surface area contributed by atoms with Crippen molar-refractivity contribution in [2.24, 2.45) is 5.73 Å². The number of aromatic nitrogens is 2. The third-order valence-corrected chi connectivity index (χ3v) is 3.74. The molecule has 1 amide bonds. The molecule has 2 N–H and O–H groups in total. The van der Waals surface area contributed by atoms with Gasteiger partial charge in [0.25, 0.3) is 5.91 Å². The topological polar surface area (TPSA) is 75.4 Å². The zero-order chi connectivity index (χ0) is 15.4. The molecule has 2 aromatic rings. The van der Waals surface area contributed by atoms with Crippen LogP contribution >= 0.6 is 0 Å². The Morgan fingerprint density at radius 3 is 2.77 bits per heavy atom. The van der Waals surface area contributed by atoms with Crippen LogP contribution in [0, 0.1) is 6.07 Å². The summed E-state index contributed by atoms with van der Waals surface area (Å²) >= 11 is 0. The molecule has 1 aliphatic rings. The lowest BCUT2D eigenvalue weighted by molar-refractivity contribution is 0.0995. The number of nitrogens with zero attached hydrogens (tertiary/aromatic N) is 4. The van der Waals surface area contributed by atoms with Gasteiger partial charge >= 0.3 is 0 Å². The molecular weight excluding hydrogens is 278 g/mol. The van der Waals surface area contributed by atoms with Gasteiger partial charge in [0.05, 0.1) is 0 Å². The number of anilines is 1. The fourth-order valence-corrected chi connectivity index (χ4v) is 2.57. The minimum Gasteiger partial charge on any atom is -0.364 e. The molecule has 0 bridgehead atoms. The van der Waals surface area contributed by atoms with Crippen LogP contribution < -0.4 is 10.6 Å². The predicted octanol–water partition coefficient (Wildman–Crippen LogP) is 0.698. The van der Waals surface area contributed by atoms with E-state index in [-0.39, 0.29) is 5.69 Å². The molecule has 0 spiro atoms. The summed E-state index contributed by atoms with van der Waals surface area (Å²) in [6.07, 6.45) is 3.69. The third-order valence-electron chi connectivity index (χ3n) is 3.74. The van der Waals surface area contributed by atoms with E-state index < -0.39 is 5.91 Å². The van der Waals surface area contributed by atoms with Crippen molar-refractivity contribution < 1.29 is 4.79 Å². The van der Waals surface area contributed by atoms with Crippen LogP contribution in [0.1, 0.15) is 16.1 Å². The maximum absolute atomic E-state index is 11.2. The number of carbonyl (C=O) groups is 1. The van der Waals surface area contributed by atoms with Crippen molar-refractivity contribution >= 4 is 11.7 Å². The molecule has 2 aromatic heterocycles. The van der Waals surface area contributed by atoms with E-state index in [9.17, 15) is 4.79 Å². The van der Waals surface area contributed by atoms with E-state index in [4.69, 9.17) is 5.73 Å². The summed E-state index contributed by atoms with van der Waals surface area (Å²) < 4.78 is 0. The van der Waals surface area contributed by atoms with Gasteiger partial charge in [-0.3, -0.25) is 14.7 Å². The van der Waals surface area contributed by atoms with Crippen LogP contribution in [0.4, 0.5) is 5.82 Å². The Balaban J connectivity index is 1.60. The molecule has 0 unspecified atom stereocenters. The molecule has 0 aromatic carbocycles. The molecule has 1 saturated heterocycles. The minimum absolute atomic E-state index is 0.190. The first-order valence-electron chi connectivity index (χ1n) is 7.27. The Bertz CT molecular complexity index is 638. The molecule has 1 fully saturated rings. The number of rotatable bonds is 4. The Labute approximate surface area is 129 Å². The lowest BCUT2D eigenvalue weighted by atomic mass is 10.2. The molecule has 0 atom stereocenters. The average molecular weight is 296 g/mol. The molecule has 1 radical (unpaired) electrons. The van der Waals surface area contributed by atoms with E-state index in [0.29, 0.717) is 0 Å². The number of primary amides is 1. The van der Waals surface area contributed by atoms with Gasteiger partial charge in [-0.05, 0) is 23.8 Å². The van der Waals surface area contributed by atoms with Gasteiger partial charge < -0.3 is 10.6 Å². The van der Waals surface area contributed by atoms with E-state index in [1.165, 1.54) is 5.56 Å². The first-order chi connectivity index (χ1) is 10.7. The monoisotopic (exact) mass is 296 g/mol. The minimum atomic E-state index is -0.544. The molecule has 6 heteroatoms. The van der Waals surface area contributed by atoms with E-state index in [2.05, 4.69) is 31.9 Å². The second-order valence-corrected chi connectivity index (χ2v) is 5.29. The summed E-state index contributed by atoms with van der Waals surface area (Å²) in [5.41, 5.74) is 6.67. The lowest BCUT2D eigenvalue weighted by Gasteiger charge is -2.35. The molecule has 6 nitrogen and oxygen atoms in total. The highest BCUT2D eigenvalue weighted by Gasteiger charge is 2.18. The van der Waals surface area contributed by atoms with Crippen molar-refractivity contribution in [3.8, 4) is 0 Å². The zero-order valence-electron chi connectivity index (χ0n) is 12.3. The normalized spacial score (nSPS) is 15.7. The average Bonchev–Trinajstić information content (AvgIpc) is 2.56. The van der Waals surface area contributed by atoms with Crippen molar-refractivity contribution in [3.63, 3.8) is 0 Å². The van der Waals surface area contributed by atoms with Crippen LogP contribution in [0.2, 0.25) is 0 Å². The summed E-state index contributed by atoms with van der Waals surface area (Å²) in [5, 5.41) is 0. The number of amides is 1. The van der Waals surface area contributed by atoms with Crippen LogP contribution in [0.15, 0.2) is 36.7 Å². The van der Waals surface area contributed by atoms with Crippen molar-refractivity contribution in [1.29, 1.82) is 0 Å². The largest absolute Gasteiger partial charge is 0.364 e. The van der Waals surface area contributed by atoms with Crippen LogP contribution in [0.25, 0.3) is 0 Å². The van der Waals surface area contributed by atoms with Crippen LogP contribution in [-0.2, 0) is 6.54 Å². The molecular formula is C16H18N5O. The van der Waals surface area contributed by atoms with E-state index in [0.717, 1.165) is 38.5 Å². The Morgan fingerprint density at radius 1 is 1.27 bits per heavy atom. The summed E-state index contributed by atoms with van der Waals surface area (Å²) in [4.78, 5) is 24.2. The van der Waals surface area contributed by atoms with Gasteiger partial charge in [0.1, 0.15) is 11.5 Å². The zero-order valence-corrected chi connectivity index (χ0v) is 12.3. The first kappa shape index (κ1) is 14.5. The Hall–Kier alpha value is -2.47. The Kier molecular flexibility index (Phi) is 4.29. The van der Waals surface area contributed by atoms with Gasteiger partial charge in [0.2, 0.25) is 0 Å². The maximum atomic E-state index is 11.2. The molecule has 1 aliphatic heterocycles. The summed E-state index contributed by atoms with van der Waals surface area (Å²) in [7, 11) is 0. The molecule has 3 rings (SSSR count). The second kappa shape index (κ2) is 6.53. The number of hydrogen-bond donors (Lipinski definition) is 1. The lowest BCUT2D eigenvalue weighted by Crippen LogP contribution is -2.46. The quantitative estimate of drug-likeness (QED) is 0.899. The SMILES string of the molecule is NC(=O)c1[c]ccc(N2CCN(Cc3cccnc3)CC2)n1. The van der Waals surface area contributed by atoms with E-state index in [1.54, 1.807) is 12.3 Å². The van der Waals surface area contributed by atoms with Crippen molar-refractivity contribution in [3.05, 3.63) is 54.0 Å². The van der Waals surface area contributed by atoms with Crippen molar-refractivity contribution in [1.82, 2.24) is 14.9 Å². The highest BCUT2D eigenvalue weighted by molar-refractivity contribution is 5.90. The van der Waals surface area contributed by atoms with Crippen LogP contribution in [0.5, 0.6) is 0 Å². The van der Waals surface area contributed by atoms with Gasteiger partial charge in [0.15, 0.2) is 0 Å². The first-order valence-corrected chi connectivity index (χ1v) is 7.27. The summed E-state index contributed by atoms with van der Waals surface area (Å²) in [5.74, 6) is 0.241. The Morgan fingerprint density at radius 2 is 2.09 bits per heavy atom. The van der Waals surface area contributed by atoms with E-state index in [1.807, 2.05) is 18.3 Å². The van der Waals surface area contributed by atoms with Crippen molar-refractivity contribution in [2.45, 2.75) is 6.54 Å². The number of hydrogen-bond acceptors (Lipinski definition) is 5. The molecule has 113 valence electrons. The number of carbonyl (C=O) groups excluding carboxylic acids is 1. The molecule has 3 heterocycles. The highest BCUT2D eigenvalue weighted by Crippen LogP contribution is 2.15.